The summed E-state index contributed by atoms with van der Waals surface area (Å²) in [5.41, 5.74) is 0.383. The fourth-order valence-electron chi connectivity index (χ4n) is 4.31. The van der Waals surface area contributed by atoms with Crippen molar-refractivity contribution in [1.82, 2.24) is 4.90 Å². The molecule has 0 aromatic heterocycles. The summed E-state index contributed by atoms with van der Waals surface area (Å²) in [4.78, 5) is 18.0. The lowest BCUT2D eigenvalue weighted by atomic mass is 9.81. The molecule has 1 aromatic rings. The van der Waals surface area contributed by atoms with Gasteiger partial charge in [-0.3, -0.25) is 9.69 Å². The summed E-state index contributed by atoms with van der Waals surface area (Å²) in [6.45, 7) is 11.1. The first-order valence-corrected chi connectivity index (χ1v) is 10.1. The first-order valence-electron chi connectivity index (χ1n) is 10.1. The molecule has 3 rings (SSSR count). The number of carbonyl (C=O) groups excluding carboxylic acids is 1. The number of hydrogen-bond acceptors (Lipinski definition) is 5. The molecule has 1 aromatic carbocycles. The predicted octanol–water partition coefficient (Wildman–Crippen LogP) is 3.79. The molecule has 6 nitrogen and oxygen atoms in total. The van der Waals surface area contributed by atoms with Crippen LogP contribution in [0.1, 0.15) is 51.0 Å². The SMILES string of the molecule is [C-]#[N+]C1(c2ccc(OC)c(OC3CCCC3)c2)CCN([C@H](C)C(=O)OC)CC1. The molecular formula is C22H30N2O4. The van der Waals surface area contributed by atoms with Gasteiger partial charge in [-0.2, -0.15) is 0 Å². The zero-order chi connectivity index (χ0) is 20.1. The minimum Gasteiger partial charge on any atom is -0.493 e. The highest BCUT2D eigenvalue weighted by atomic mass is 16.5. The Labute approximate surface area is 167 Å². The number of nitrogens with zero attached hydrogens (tertiary/aromatic N) is 2. The molecule has 152 valence electrons. The zero-order valence-corrected chi connectivity index (χ0v) is 17.1. The molecule has 0 amide bonds. The molecule has 0 radical (unpaired) electrons. The summed E-state index contributed by atoms with van der Waals surface area (Å²) in [7, 11) is 3.06. The van der Waals surface area contributed by atoms with Crippen molar-refractivity contribution in [3.63, 3.8) is 0 Å². The van der Waals surface area contributed by atoms with E-state index in [-0.39, 0.29) is 18.1 Å². The van der Waals surface area contributed by atoms with E-state index >= 15 is 0 Å². The summed E-state index contributed by atoms with van der Waals surface area (Å²) in [6, 6.07) is 5.60. The van der Waals surface area contributed by atoms with Crippen molar-refractivity contribution in [3.05, 3.63) is 35.2 Å². The van der Waals surface area contributed by atoms with Crippen molar-refractivity contribution >= 4 is 5.97 Å². The molecule has 1 saturated heterocycles. The number of likely N-dealkylation sites (tertiary alicyclic amines) is 1. The largest absolute Gasteiger partial charge is 0.493 e. The van der Waals surface area contributed by atoms with Crippen LogP contribution in [0.4, 0.5) is 0 Å². The van der Waals surface area contributed by atoms with Crippen molar-refractivity contribution in [2.45, 2.75) is 63.1 Å². The number of ether oxygens (including phenoxy) is 3. The van der Waals surface area contributed by atoms with Crippen LogP contribution in [-0.2, 0) is 15.1 Å². The van der Waals surface area contributed by atoms with Gasteiger partial charge < -0.3 is 19.1 Å². The van der Waals surface area contributed by atoms with E-state index in [0.717, 1.165) is 24.2 Å². The maximum absolute atomic E-state index is 11.8. The maximum Gasteiger partial charge on any atom is 0.322 e. The summed E-state index contributed by atoms with van der Waals surface area (Å²) in [5.74, 6) is 1.22. The molecule has 1 heterocycles. The van der Waals surface area contributed by atoms with Crippen LogP contribution in [0.5, 0.6) is 11.5 Å². The van der Waals surface area contributed by atoms with Crippen molar-refractivity contribution in [2.75, 3.05) is 27.3 Å². The molecule has 0 N–H and O–H groups in total. The van der Waals surface area contributed by atoms with Crippen molar-refractivity contribution in [2.24, 2.45) is 0 Å². The van der Waals surface area contributed by atoms with Gasteiger partial charge in [0.1, 0.15) is 6.04 Å². The van der Waals surface area contributed by atoms with Crippen molar-refractivity contribution < 1.29 is 19.0 Å². The van der Waals surface area contributed by atoms with E-state index in [2.05, 4.69) is 9.74 Å². The molecule has 6 heteroatoms. The van der Waals surface area contributed by atoms with Gasteiger partial charge in [0.25, 0.3) is 5.54 Å². The quantitative estimate of drug-likeness (QED) is 0.550. The lowest BCUT2D eigenvalue weighted by molar-refractivity contribution is -0.146. The normalized spacial score (nSPS) is 20.9. The van der Waals surface area contributed by atoms with E-state index < -0.39 is 5.54 Å². The number of methoxy groups -OCH3 is 2. The summed E-state index contributed by atoms with van der Waals surface area (Å²) in [6.07, 6.45) is 6.12. The average molecular weight is 386 g/mol. The number of esters is 1. The van der Waals surface area contributed by atoms with E-state index in [9.17, 15) is 4.79 Å². The summed E-state index contributed by atoms with van der Waals surface area (Å²) >= 11 is 0. The first kappa shape index (κ1) is 20.5. The number of carbonyl (C=O) groups is 1. The van der Waals surface area contributed by atoms with Crippen LogP contribution in [0.2, 0.25) is 0 Å². The second-order valence-corrected chi connectivity index (χ2v) is 7.77. The minimum atomic E-state index is -0.591. The third-order valence-electron chi connectivity index (χ3n) is 6.23. The van der Waals surface area contributed by atoms with Crippen LogP contribution >= 0.6 is 0 Å². The third kappa shape index (κ3) is 4.10. The van der Waals surface area contributed by atoms with Gasteiger partial charge in [-0.15, -0.1) is 0 Å². The Bertz CT molecular complexity index is 729. The monoisotopic (exact) mass is 386 g/mol. The fraction of sp³-hybridized carbons (Fsp3) is 0.636. The van der Waals surface area contributed by atoms with Gasteiger partial charge in [-0.05, 0) is 50.8 Å². The van der Waals surface area contributed by atoms with Gasteiger partial charge >= 0.3 is 5.97 Å². The highest BCUT2D eigenvalue weighted by molar-refractivity contribution is 5.75. The van der Waals surface area contributed by atoms with Gasteiger partial charge in [0, 0.05) is 31.5 Å². The smallest absolute Gasteiger partial charge is 0.322 e. The summed E-state index contributed by atoms with van der Waals surface area (Å²) in [5, 5.41) is 0. The second-order valence-electron chi connectivity index (χ2n) is 7.77. The fourth-order valence-corrected chi connectivity index (χ4v) is 4.31. The number of hydrogen-bond donors (Lipinski definition) is 0. The lowest BCUT2D eigenvalue weighted by Gasteiger charge is -2.36. The Balaban J connectivity index is 1.79. The molecule has 28 heavy (non-hydrogen) atoms. The lowest BCUT2D eigenvalue weighted by Crippen LogP contribution is -2.48. The van der Waals surface area contributed by atoms with Gasteiger partial charge in [0.05, 0.1) is 20.3 Å². The summed E-state index contributed by atoms with van der Waals surface area (Å²) < 4.78 is 16.6. The second kappa shape index (κ2) is 8.83. The molecule has 1 aliphatic carbocycles. The van der Waals surface area contributed by atoms with E-state index in [1.54, 1.807) is 7.11 Å². The average Bonchev–Trinajstić information content (AvgIpc) is 3.25. The van der Waals surface area contributed by atoms with E-state index in [1.807, 2.05) is 25.1 Å². The third-order valence-corrected chi connectivity index (χ3v) is 6.23. The molecule has 0 spiro atoms. The minimum absolute atomic E-state index is 0.230. The standard InChI is InChI=1S/C22H30N2O4/c1-16(21(25)27-4)24-13-11-22(23-2,12-14-24)17-9-10-19(26-3)20(15-17)28-18-7-5-6-8-18/h9-10,15-16,18H,5-8,11-14H2,1,3-4H3/t16-/m1/s1. The Hall–Kier alpha value is -2.26. The van der Waals surface area contributed by atoms with E-state index in [4.69, 9.17) is 20.8 Å². The zero-order valence-electron chi connectivity index (χ0n) is 17.1. The van der Waals surface area contributed by atoms with Crippen LogP contribution in [-0.4, -0.2) is 50.3 Å². The van der Waals surface area contributed by atoms with Crippen LogP contribution in [0.15, 0.2) is 18.2 Å². The first-order chi connectivity index (χ1) is 13.5. The predicted molar refractivity (Wildman–Crippen MR) is 106 cm³/mol. The Kier molecular flexibility index (Phi) is 6.46. The molecule has 2 fully saturated rings. The van der Waals surface area contributed by atoms with Crippen molar-refractivity contribution in [3.8, 4) is 11.5 Å². The number of rotatable bonds is 6. The van der Waals surface area contributed by atoms with Crippen LogP contribution < -0.4 is 9.47 Å². The van der Waals surface area contributed by atoms with Crippen LogP contribution in [0, 0.1) is 6.57 Å². The molecule has 1 atom stereocenters. The van der Waals surface area contributed by atoms with E-state index in [0.29, 0.717) is 31.7 Å². The number of benzene rings is 1. The Morgan fingerprint density at radius 1 is 1.21 bits per heavy atom. The van der Waals surface area contributed by atoms with Crippen molar-refractivity contribution in [1.29, 1.82) is 0 Å². The molecule has 1 saturated carbocycles. The van der Waals surface area contributed by atoms with Crippen LogP contribution in [0.3, 0.4) is 0 Å². The maximum atomic E-state index is 11.8. The highest BCUT2D eigenvalue weighted by Crippen LogP contribution is 2.42. The highest BCUT2D eigenvalue weighted by Gasteiger charge is 2.44. The van der Waals surface area contributed by atoms with Crippen LogP contribution in [0.25, 0.3) is 4.85 Å². The molecule has 0 bridgehead atoms. The van der Waals surface area contributed by atoms with Gasteiger partial charge in [-0.1, -0.05) is 0 Å². The molecule has 0 unspecified atom stereocenters. The molecule has 1 aliphatic heterocycles. The number of piperidine rings is 1. The van der Waals surface area contributed by atoms with Gasteiger partial charge in [-0.25, -0.2) is 6.57 Å². The Morgan fingerprint density at radius 2 is 1.89 bits per heavy atom. The molecule has 2 aliphatic rings. The molecular weight excluding hydrogens is 356 g/mol. The van der Waals surface area contributed by atoms with E-state index in [1.165, 1.54) is 20.0 Å². The topological polar surface area (TPSA) is 52.4 Å². The van der Waals surface area contributed by atoms with Gasteiger partial charge in [0.15, 0.2) is 11.5 Å². The Morgan fingerprint density at radius 3 is 2.46 bits per heavy atom. The van der Waals surface area contributed by atoms with Gasteiger partial charge in [0.2, 0.25) is 0 Å².